The van der Waals surface area contributed by atoms with Crippen molar-refractivity contribution in [1.29, 1.82) is 0 Å². The molecule has 0 saturated carbocycles. The van der Waals surface area contributed by atoms with Crippen molar-refractivity contribution in [3.8, 4) is 0 Å². The lowest BCUT2D eigenvalue weighted by Crippen LogP contribution is -2.40. The van der Waals surface area contributed by atoms with Gasteiger partial charge in [-0.25, -0.2) is 0 Å². The number of hydrogen-bond acceptors (Lipinski definition) is 3. The average molecular weight is 221 g/mol. The van der Waals surface area contributed by atoms with Crippen molar-refractivity contribution in [2.24, 2.45) is 0 Å². The fraction of sp³-hybridized carbons (Fsp3) is 0.615. The van der Waals surface area contributed by atoms with Crippen LogP contribution in [0.1, 0.15) is 31.9 Å². The van der Waals surface area contributed by atoms with Gasteiger partial charge in [0.15, 0.2) is 0 Å². The Morgan fingerprint density at radius 1 is 1.19 bits per heavy atom. The molecule has 1 heterocycles. The lowest BCUT2D eigenvalue weighted by molar-refractivity contribution is 0.421. The van der Waals surface area contributed by atoms with Gasteiger partial charge < -0.3 is 10.6 Å². The molecule has 0 atom stereocenters. The molecule has 0 fully saturated rings. The van der Waals surface area contributed by atoms with E-state index >= 15 is 0 Å². The first-order valence-electron chi connectivity index (χ1n) is 5.84. The SMILES string of the molecule is Cc1cncc(CNCCNC(C)(C)C)c1. The van der Waals surface area contributed by atoms with Crippen LogP contribution in [0.3, 0.4) is 0 Å². The lowest BCUT2D eigenvalue weighted by Gasteiger charge is -2.20. The van der Waals surface area contributed by atoms with Gasteiger partial charge in [0, 0.05) is 37.6 Å². The number of rotatable bonds is 5. The third-order valence-corrected chi connectivity index (χ3v) is 2.22. The molecule has 0 spiro atoms. The molecule has 0 aliphatic carbocycles. The van der Waals surface area contributed by atoms with Gasteiger partial charge >= 0.3 is 0 Å². The highest BCUT2D eigenvalue weighted by Gasteiger charge is 2.06. The van der Waals surface area contributed by atoms with Crippen molar-refractivity contribution in [3.05, 3.63) is 29.6 Å². The summed E-state index contributed by atoms with van der Waals surface area (Å²) >= 11 is 0. The van der Waals surface area contributed by atoms with E-state index in [1.165, 1.54) is 11.1 Å². The van der Waals surface area contributed by atoms with Gasteiger partial charge in [-0.05, 0) is 38.8 Å². The monoisotopic (exact) mass is 221 g/mol. The highest BCUT2D eigenvalue weighted by molar-refractivity contribution is 5.16. The highest BCUT2D eigenvalue weighted by Crippen LogP contribution is 2.00. The van der Waals surface area contributed by atoms with Crippen molar-refractivity contribution in [2.75, 3.05) is 13.1 Å². The zero-order valence-electron chi connectivity index (χ0n) is 10.8. The van der Waals surface area contributed by atoms with Crippen LogP contribution in [0, 0.1) is 6.92 Å². The van der Waals surface area contributed by atoms with Crippen LogP contribution in [0.15, 0.2) is 18.5 Å². The highest BCUT2D eigenvalue weighted by atomic mass is 15.0. The quantitative estimate of drug-likeness (QED) is 0.745. The molecule has 1 rings (SSSR count). The number of hydrogen-bond donors (Lipinski definition) is 2. The number of aromatic nitrogens is 1. The summed E-state index contributed by atoms with van der Waals surface area (Å²) in [4.78, 5) is 4.17. The van der Waals surface area contributed by atoms with Crippen molar-refractivity contribution in [3.63, 3.8) is 0 Å². The predicted molar refractivity (Wildman–Crippen MR) is 68.4 cm³/mol. The fourth-order valence-electron chi connectivity index (χ4n) is 1.47. The second-order valence-electron chi connectivity index (χ2n) is 5.22. The maximum absolute atomic E-state index is 4.17. The first kappa shape index (κ1) is 13.1. The average Bonchev–Trinajstić information content (AvgIpc) is 2.15. The van der Waals surface area contributed by atoms with Gasteiger partial charge in [0.05, 0.1) is 0 Å². The van der Waals surface area contributed by atoms with Crippen LogP contribution in [0.4, 0.5) is 0 Å². The van der Waals surface area contributed by atoms with Gasteiger partial charge in [0.2, 0.25) is 0 Å². The van der Waals surface area contributed by atoms with E-state index < -0.39 is 0 Å². The third kappa shape index (κ3) is 5.83. The molecular formula is C13H23N3. The lowest BCUT2D eigenvalue weighted by atomic mass is 10.1. The molecule has 0 aliphatic heterocycles. The Morgan fingerprint density at radius 2 is 1.94 bits per heavy atom. The van der Waals surface area contributed by atoms with Gasteiger partial charge in [-0.2, -0.15) is 0 Å². The molecule has 0 amide bonds. The topological polar surface area (TPSA) is 37.0 Å². The Balaban J connectivity index is 2.17. The molecular weight excluding hydrogens is 198 g/mol. The molecule has 0 aliphatic rings. The summed E-state index contributed by atoms with van der Waals surface area (Å²) in [7, 11) is 0. The van der Waals surface area contributed by atoms with E-state index in [0.717, 1.165) is 19.6 Å². The Hall–Kier alpha value is -0.930. The molecule has 0 unspecified atom stereocenters. The van der Waals surface area contributed by atoms with Gasteiger partial charge in [-0.3, -0.25) is 4.98 Å². The summed E-state index contributed by atoms with van der Waals surface area (Å²) in [5, 5.41) is 6.84. The number of nitrogens with zero attached hydrogens (tertiary/aromatic N) is 1. The van der Waals surface area contributed by atoms with E-state index in [0.29, 0.717) is 0 Å². The molecule has 90 valence electrons. The summed E-state index contributed by atoms with van der Waals surface area (Å²) in [5.41, 5.74) is 2.66. The maximum atomic E-state index is 4.17. The van der Waals surface area contributed by atoms with E-state index in [4.69, 9.17) is 0 Å². The van der Waals surface area contributed by atoms with Crippen LogP contribution in [0.2, 0.25) is 0 Å². The summed E-state index contributed by atoms with van der Waals surface area (Å²) in [6, 6.07) is 2.16. The van der Waals surface area contributed by atoms with Crippen molar-refractivity contribution in [1.82, 2.24) is 15.6 Å². The smallest absolute Gasteiger partial charge is 0.0313 e. The molecule has 0 bridgehead atoms. The second-order valence-corrected chi connectivity index (χ2v) is 5.22. The second kappa shape index (κ2) is 5.97. The van der Waals surface area contributed by atoms with Crippen LogP contribution >= 0.6 is 0 Å². The van der Waals surface area contributed by atoms with Crippen LogP contribution in [0.5, 0.6) is 0 Å². The molecule has 0 radical (unpaired) electrons. The van der Waals surface area contributed by atoms with Gasteiger partial charge in [0.25, 0.3) is 0 Å². The molecule has 1 aromatic heterocycles. The van der Waals surface area contributed by atoms with Crippen LogP contribution in [0.25, 0.3) is 0 Å². The molecule has 1 aromatic rings. The minimum absolute atomic E-state index is 0.201. The minimum Gasteiger partial charge on any atom is -0.311 e. The molecule has 0 saturated heterocycles. The van der Waals surface area contributed by atoms with Gasteiger partial charge in [0.1, 0.15) is 0 Å². The fourth-order valence-corrected chi connectivity index (χ4v) is 1.47. The molecule has 3 nitrogen and oxygen atoms in total. The van der Waals surface area contributed by atoms with Crippen molar-refractivity contribution < 1.29 is 0 Å². The van der Waals surface area contributed by atoms with E-state index in [-0.39, 0.29) is 5.54 Å². The molecule has 3 heteroatoms. The molecule has 16 heavy (non-hydrogen) atoms. The van der Waals surface area contributed by atoms with Gasteiger partial charge in [-0.15, -0.1) is 0 Å². The normalized spacial score (nSPS) is 11.8. The summed E-state index contributed by atoms with van der Waals surface area (Å²) < 4.78 is 0. The van der Waals surface area contributed by atoms with Crippen molar-refractivity contribution >= 4 is 0 Å². The number of aryl methyl sites for hydroxylation is 1. The van der Waals surface area contributed by atoms with Crippen LogP contribution < -0.4 is 10.6 Å². The van der Waals surface area contributed by atoms with Crippen molar-refractivity contribution in [2.45, 2.75) is 39.8 Å². The van der Waals surface area contributed by atoms with Crippen LogP contribution in [-0.4, -0.2) is 23.6 Å². The minimum atomic E-state index is 0.201. The first-order valence-corrected chi connectivity index (χ1v) is 5.84. The predicted octanol–water partition coefficient (Wildman–Crippen LogP) is 1.87. The largest absolute Gasteiger partial charge is 0.311 e. The standard InChI is InChI=1S/C13H23N3/c1-11-7-12(10-15-8-11)9-14-5-6-16-13(2,3)4/h7-8,10,14,16H,5-6,9H2,1-4H3. The Morgan fingerprint density at radius 3 is 2.56 bits per heavy atom. The van der Waals surface area contributed by atoms with E-state index in [9.17, 15) is 0 Å². The van der Waals surface area contributed by atoms with Gasteiger partial charge in [-0.1, -0.05) is 6.07 Å². The van der Waals surface area contributed by atoms with E-state index in [2.05, 4.69) is 49.4 Å². The Labute approximate surface area is 98.7 Å². The van der Waals surface area contributed by atoms with E-state index in [1.54, 1.807) is 0 Å². The van der Waals surface area contributed by atoms with E-state index in [1.807, 2.05) is 12.4 Å². The third-order valence-electron chi connectivity index (χ3n) is 2.22. The number of nitrogens with one attached hydrogen (secondary N) is 2. The molecule has 2 N–H and O–H groups in total. The zero-order valence-corrected chi connectivity index (χ0v) is 10.8. The first-order chi connectivity index (χ1) is 7.47. The number of pyridine rings is 1. The molecule has 0 aromatic carbocycles. The Kier molecular flexibility index (Phi) is 4.90. The zero-order chi connectivity index (χ0) is 12.0. The van der Waals surface area contributed by atoms with Crippen LogP contribution in [-0.2, 0) is 6.54 Å². The summed E-state index contributed by atoms with van der Waals surface area (Å²) in [5.74, 6) is 0. The summed E-state index contributed by atoms with van der Waals surface area (Å²) in [6.07, 6.45) is 3.79. The Bertz CT molecular complexity index is 315. The summed E-state index contributed by atoms with van der Waals surface area (Å²) in [6.45, 7) is 11.5. The maximum Gasteiger partial charge on any atom is 0.0313 e.